The number of carbonyl (C=O) groups is 4. The van der Waals surface area contributed by atoms with Gasteiger partial charge in [0.05, 0.1) is 26.1 Å². The van der Waals surface area contributed by atoms with Crippen LogP contribution in [0, 0.1) is 11.8 Å². The molecule has 0 fully saturated rings. The molecule has 0 bridgehead atoms. The van der Waals surface area contributed by atoms with Crippen LogP contribution in [0.3, 0.4) is 0 Å². The zero-order valence-electron chi connectivity index (χ0n) is 23.6. The summed E-state index contributed by atoms with van der Waals surface area (Å²) in [6, 6.07) is 0. The first-order valence-electron chi connectivity index (χ1n) is 13.2. The van der Waals surface area contributed by atoms with Crippen LogP contribution in [0.25, 0.3) is 0 Å². The Morgan fingerprint density at radius 1 is 0.698 bits per heavy atom. The molecule has 242 valence electrons. The van der Waals surface area contributed by atoms with Gasteiger partial charge in [0.25, 0.3) is 20.2 Å². The van der Waals surface area contributed by atoms with Gasteiger partial charge >= 0.3 is 107 Å². The van der Waals surface area contributed by atoms with E-state index in [1.54, 1.807) is 0 Å². The molecule has 4 atom stereocenters. The monoisotopic (exact) mass is 691 g/mol. The molecular formula is C24H48NNa3O13S2. The van der Waals surface area contributed by atoms with Crippen LogP contribution in [0.15, 0.2) is 0 Å². The Morgan fingerprint density at radius 3 is 1.37 bits per heavy atom. The van der Waals surface area contributed by atoms with Gasteiger partial charge in [-0.05, 0) is 24.7 Å². The fourth-order valence-electron chi connectivity index (χ4n) is 3.32. The number of rotatable bonds is 20. The number of nitrogens with two attached hydrogens (primary N) is 1. The van der Waals surface area contributed by atoms with Crippen molar-refractivity contribution in [3.63, 3.8) is 0 Å². The summed E-state index contributed by atoms with van der Waals surface area (Å²) in [7, 11) is -9.52. The van der Waals surface area contributed by atoms with Crippen LogP contribution in [-0.2, 0) is 48.9 Å². The van der Waals surface area contributed by atoms with E-state index in [1.165, 1.54) is 0 Å². The number of aliphatic carboxylic acids is 1. The molecule has 19 heteroatoms. The summed E-state index contributed by atoms with van der Waals surface area (Å²) in [5.74, 6) is -4.53. The van der Waals surface area contributed by atoms with Crippen molar-refractivity contribution in [3.05, 3.63) is 0 Å². The maximum absolute atomic E-state index is 12.2. The molecule has 0 aromatic carbocycles. The first-order chi connectivity index (χ1) is 18.4. The number of carboxylic acids is 1. The molecule has 0 heterocycles. The van der Waals surface area contributed by atoms with Crippen LogP contribution in [0.1, 0.15) is 91.9 Å². The third-order valence-electron chi connectivity index (χ3n) is 6.02. The molecule has 0 aromatic rings. The van der Waals surface area contributed by atoms with Crippen LogP contribution in [0.4, 0.5) is 0 Å². The maximum atomic E-state index is 12.2. The topological polar surface area (TPSA) is 242 Å². The van der Waals surface area contributed by atoms with Gasteiger partial charge in [-0.3, -0.25) is 28.3 Å². The fraction of sp³-hybridized carbons (Fsp3) is 0.833. The summed E-state index contributed by atoms with van der Waals surface area (Å²) in [5, 5.41) is 4.09. The number of amides is 1. The molecule has 0 aromatic heterocycles. The number of carboxylic acid groups (broad SMARTS) is 1. The number of ether oxygens (including phenoxy) is 2. The second-order valence-corrected chi connectivity index (χ2v) is 12.6. The van der Waals surface area contributed by atoms with E-state index in [9.17, 15) is 40.6 Å². The average Bonchev–Trinajstić information content (AvgIpc) is 2.84. The molecule has 0 aliphatic rings. The van der Waals surface area contributed by atoms with E-state index >= 15 is 0 Å². The van der Waals surface area contributed by atoms with Gasteiger partial charge in [0.1, 0.15) is 0 Å². The third-order valence-corrected chi connectivity index (χ3v) is 8.19. The molecule has 0 aliphatic heterocycles. The number of hydrogen-bond donors (Lipinski definition) is 4. The predicted molar refractivity (Wildman–Crippen MR) is 167 cm³/mol. The molecule has 1 amide bonds. The molecular weight excluding hydrogens is 643 g/mol. The van der Waals surface area contributed by atoms with E-state index in [0.717, 1.165) is 51.4 Å². The molecule has 43 heavy (non-hydrogen) atoms. The Kier molecular flexibility index (Phi) is 35.7. The van der Waals surface area contributed by atoms with Crippen LogP contribution >= 0.6 is 0 Å². The summed E-state index contributed by atoms with van der Waals surface area (Å²) in [4.78, 5) is 44.5. The third kappa shape index (κ3) is 27.5. The van der Waals surface area contributed by atoms with Gasteiger partial charge in [-0.2, -0.15) is 16.8 Å². The molecule has 0 spiro atoms. The number of esters is 2. The van der Waals surface area contributed by atoms with Crippen molar-refractivity contribution in [2.45, 2.75) is 102 Å². The van der Waals surface area contributed by atoms with Crippen LogP contribution in [0.5, 0.6) is 0 Å². The zero-order valence-corrected chi connectivity index (χ0v) is 25.2. The van der Waals surface area contributed by atoms with Gasteiger partial charge in [0.2, 0.25) is 5.91 Å². The average molecular weight is 692 g/mol. The first kappa shape index (κ1) is 53.2. The predicted octanol–water partition coefficient (Wildman–Crippen LogP) is 0.409. The Bertz CT molecular complexity index is 1010. The van der Waals surface area contributed by atoms with Crippen molar-refractivity contribution < 1.29 is 59.7 Å². The van der Waals surface area contributed by atoms with E-state index < -0.39 is 67.4 Å². The summed E-state index contributed by atoms with van der Waals surface area (Å²) in [6.45, 7) is 8.35. The molecule has 14 nitrogen and oxygen atoms in total. The summed E-state index contributed by atoms with van der Waals surface area (Å²) < 4.78 is 71.6. The molecule has 4 unspecified atom stereocenters. The second kappa shape index (κ2) is 28.9. The standard InChI is InChI=1S/C20H38O7S.C4H7NO6S.3Na.3H/c1-5-9-11-16(7-3)14-26-19(21)13-18(28(23,24)25)20(22)27-15-17(8-4)12-10-6-2;5-3(6)1-2(4(7)8)12(9,10)11;;;;;;/h16-18H,5-15H2,1-4H3,(H,23,24,25);2H,1H2,(H2,5,6)(H,7,8)(H,9,10,11);;;;;;. The van der Waals surface area contributed by atoms with Crippen LogP contribution < -0.4 is 5.73 Å². The summed E-state index contributed by atoms with van der Waals surface area (Å²) in [6.07, 6.45) is 5.80. The van der Waals surface area contributed by atoms with E-state index in [4.69, 9.17) is 19.1 Å². The quantitative estimate of drug-likeness (QED) is 0.0769. The van der Waals surface area contributed by atoms with Crippen molar-refractivity contribution >= 4 is 133 Å². The molecule has 0 saturated carbocycles. The normalized spacial score (nSPS) is 13.5. The van der Waals surface area contributed by atoms with Crippen molar-refractivity contribution in [3.8, 4) is 0 Å². The van der Waals surface area contributed by atoms with Gasteiger partial charge in [0, 0.05) is 0 Å². The van der Waals surface area contributed by atoms with Gasteiger partial charge in [-0.15, -0.1) is 0 Å². The second-order valence-electron chi connectivity index (χ2n) is 9.37. The van der Waals surface area contributed by atoms with Crippen LogP contribution in [-0.4, -0.2) is 167 Å². The van der Waals surface area contributed by atoms with Crippen molar-refractivity contribution in [1.82, 2.24) is 0 Å². The Labute approximate surface area is 322 Å². The van der Waals surface area contributed by atoms with Gasteiger partial charge < -0.3 is 20.3 Å². The number of hydrogen-bond acceptors (Lipinski definition) is 10. The SMILES string of the molecule is CCCCC(CC)COC(=O)CC(C(=O)OCC(CC)CCCC)S(=O)(=O)O.NC(=O)CC(C(=O)O)S(=O)(=O)O.[NaH].[NaH].[NaH]. The first-order valence-corrected chi connectivity index (χ1v) is 16.2. The van der Waals surface area contributed by atoms with Crippen molar-refractivity contribution in [2.75, 3.05) is 13.2 Å². The molecule has 5 N–H and O–H groups in total. The number of primary amides is 1. The summed E-state index contributed by atoms with van der Waals surface area (Å²) >= 11 is 0. The summed E-state index contributed by atoms with van der Waals surface area (Å²) in [5.41, 5.74) is 4.55. The Hall–Kier alpha value is 0.700. The van der Waals surface area contributed by atoms with Crippen molar-refractivity contribution in [2.24, 2.45) is 17.6 Å². The number of carbonyl (C=O) groups excluding carboxylic acids is 3. The van der Waals surface area contributed by atoms with Crippen LogP contribution in [0.2, 0.25) is 0 Å². The minimum atomic E-state index is -4.76. The molecule has 0 aliphatic carbocycles. The van der Waals surface area contributed by atoms with E-state index in [1.807, 2.05) is 13.8 Å². The minimum absolute atomic E-state index is 0. The fourth-order valence-corrected chi connectivity index (χ4v) is 4.61. The zero-order chi connectivity index (χ0) is 31.5. The van der Waals surface area contributed by atoms with E-state index in [-0.39, 0.29) is 114 Å². The molecule has 0 rings (SSSR count). The van der Waals surface area contributed by atoms with Gasteiger partial charge in [-0.1, -0.05) is 66.2 Å². The van der Waals surface area contributed by atoms with Gasteiger partial charge in [-0.25, -0.2) is 0 Å². The molecule has 0 radical (unpaired) electrons. The van der Waals surface area contributed by atoms with Gasteiger partial charge in [0.15, 0.2) is 10.5 Å². The van der Waals surface area contributed by atoms with Crippen molar-refractivity contribution in [1.29, 1.82) is 0 Å². The number of unbranched alkanes of at least 4 members (excludes halogenated alkanes) is 2. The molecule has 0 saturated heterocycles. The Morgan fingerprint density at radius 2 is 1.09 bits per heavy atom. The van der Waals surface area contributed by atoms with E-state index in [2.05, 4.69) is 19.6 Å². The Balaban J connectivity index is -0.000000273. The van der Waals surface area contributed by atoms with E-state index in [0.29, 0.717) is 0 Å².